The van der Waals surface area contributed by atoms with Gasteiger partial charge in [-0.25, -0.2) is 14.4 Å². The molecule has 2 aromatic carbocycles. The molecule has 0 aliphatic carbocycles. The molecule has 2 aliphatic rings. The molecule has 8 nitrogen and oxygen atoms in total. The Kier molecular flexibility index (Phi) is 6.18. The van der Waals surface area contributed by atoms with E-state index in [2.05, 4.69) is 5.32 Å². The average molecular weight is 424 g/mol. The average Bonchev–Trinajstić information content (AvgIpc) is 3.22. The van der Waals surface area contributed by atoms with Crippen LogP contribution in [0.3, 0.4) is 0 Å². The molecule has 31 heavy (non-hydrogen) atoms. The van der Waals surface area contributed by atoms with Gasteiger partial charge in [0.15, 0.2) is 0 Å². The number of methoxy groups -OCH3 is 1. The van der Waals surface area contributed by atoms with Crippen molar-refractivity contribution in [3.05, 3.63) is 71.3 Å². The molecular weight excluding hydrogens is 400 g/mol. The van der Waals surface area contributed by atoms with Crippen LogP contribution in [0.4, 0.5) is 4.79 Å². The fourth-order valence-corrected chi connectivity index (χ4v) is 3.96. The number of amides is 2. The fourth-order valence-electron chi connectivity index (χ4n) is 3.96. The summed E-state index contributed by atoms with van der Waals surface area (Å²) in [5, 5.41) is 2.81. The zero-order valence-electron chi connectivity index (χ0n) is 17.2. The van der Waals surface area contributed by atoms with E-state index in [0.717, 1.165) is 6.42 Å². The number of carbonyl (C=O) groups is 3. The molecule has 0 radical (unpaired) electrons. The van der Waals surface area contributed by atoms with E-state index in [4.69, 9.17) is 14.2 Å². The van der Waals surface area contributed by atoms with E-state index in [1.807, 2.05) is 6.07 Å². The summed E-state index contributed by atoms with van der Waals surface area (Å²) < 4.78 is 16.9. The summed E-state index contributed by atoms with van der Waals surface area (Å²) in [4.78, 5) is 39.0. The maximum Gasteiger partial charge on any atom is 0.338 e. The third-order valence-electron chi connectivity index (χ3n) is 5.48. The molecule has 0 saturated carbocycles. The molecule has 0 aromatic heterocycles. The van der Waals surface area contributed by atoms with Crippen molar-refractivity contribution < 1.29 is 28.6 Å². The van der Waals surface area contributed by atoms with E-state index in [9.17, 15) is 14.4 Å². The molecule has 2 fully saturated rings. The molecule has 0 spiro atoms. The quantitative estimate of drug-likeness (QED) is 0.742. The number of benzene rings is 2. The maximum atomic E-state index is 12.7. The Morgan fingerprint density at radius 1 is 1.06 bits per heavy atom. The topological polar surface area (TPSA) is 94.2 Å². The van der Waals surface area contributed by atoms with Crippen molar-refractivity contribution in [2.24, 2.45) is 0 Å². The highest BCUT2D eigenvalue weighted by molar-refractivity contribution is 5.91. The van der Waals surface area contributed by atoms with Crippen molar-refractivity contribution in [2.75, 3.05) is 20.2 Å². The molecule has 3 atom stereocenters. The van der Waals surface area contributed by atoms with Crippen LogP contribution in [0.2, 0.25) is 0 Å². The first-order valence-corrected chi connectivity index (χ1v) is 10.2. The number of carbonyl (C=O) groups excluding carboxylic acids is 3. The number of rotatable bonds is 5. The molecule has 2 aromatic rings. The Morgan fingerprint density at radius 2 is 1.81 bits per heavy atom. The lowest BCUT2D eigenvalue weighted by Crippen LogP contribution is -2.51. The predicted octanol–water partition coefficient (Wildman–Crippen LogP) is 2.90. The van der Waals surface area contributed by atoms with Crippen LogP contribution in [-0.2, 0) is 14.2 Å². The monoisotopic (exact) mass is 424 g/mol. The first-order valence-electron chi connectivity index (χ1n) is 10.2. The van der Waals surface area contributed by atoms with Gasteiger partial charge in [-0.2, -0.15) is 0 Å². The Balaban J connectivity index is 1.64. The van der Waals surface area contributed by atoms with Gasteiger partial charge in [0.05, 0.1) is 18.2 Å². The van der Waals surface area contributed by atoms with E-state index < -0.39 is 30.4 Å². The van der Waals surface area contributed by atoms with Crippen LogP contribution in [0.25, 0.3) is 0 Å². The molecular formula is C23H24N2O6. The lowest BCUT2D eigenvalue weighted by atomic mass is 9.98. The van der Waals surface area contributed by atoms with E-state index in [1.54, 1.807) is 53.4 Å². The first kappa shape index (κ1) is 20.9. The molecule has 2 heterocycles. The van der Waals surface area contributed by atoms with E-state index >= 15 is 0 Å². The summed E-state index contributed by atoms with van der Waals surface area (Å²) in [7, 11) is 1.31. The Bertz CT molecular complexity index is 964. The predicted molar refractivity (Wildman–Crippen MR) is 110 cm³/mol. The molecule has 2 amide bonds. The third kappa shape index (κ3) is 4.39. The molecule has 162 valence electrons. The minimum Gasteiger partial charge on any atom is -0.465 e. The summed E-state index contributed by atoms with van der Waals surface area (Å²) in [5.41, 5.74) is 1.31. The highest BCUT2D eigenvalue weighted by Gasteiger charge is 2.44. The number of esters is 2. The van der Waals surface area contributed by atoms with Crippen LogP contribution in [0, 0.1) is 0 Å². The van der Waals surface area contributed by atoms with Crippen molar-refractivity contribution in [2.45, 2.75) is 31.3 Å². The highest BCUT2D eigenvalue weighted by atomic mass is 16.6. The lowest BCUT2D eigenvalue weighted by molar-refractivity contribution is -0.0534. The standard InChI is InChI=1S/C23H24N2O6/c1-29-22(27)17-11-6-5-10-16(17)20-18(30-21(26)15-8-3-2-4-9-15)14-19(31-20)25-13-7-12-24-23(25)28/h2-6,8-11,18-20H,7,12-14H2,1H3,(H,24,28)/t18-,19+,20+/m0/s1. The molecule has 0 unspecified atom stereocenters. The van der Waals surface area contributed by atoms with Gasteiger partial charge in [0.25, 0.3) is 0 Å². The van der Waals surface area contributed by atoms with Crippen LogP contribution < -0.4 is 5.32 Å². The number of hydrogen-bond acceptors (Lipinski definition) is 6. The first-order chi connectivity index (χ1) is 15.1. The van der Waals surface area contributed by atoms with Crippen molar-refractivity contribution >= 4 is 18.0 Å². The fraction of sp³-hybridized carbons (Fsp3) is 0.348. The second-order valence-electron chi connectivity index (χ2n) is 7.41. The second kappa shape index (κ2) is 9.18. The van der Waals surface area contributed by atoms with Gasteiger partial charge in [0, 0.05) is 19.5 Å². The summed E-state index contributed by atoms with van der Waals surface area (Å²) in [6, 6.07) is 15.4. The summed E-state index contributed by atoms with van der Waals surface area (Å²) in [6.45, 7) is 1.16. The van der Waals surface area contributed by atoms with Crippen LogP contribution in [0.1, 0.15) is 45.2 Å². The van der Waals surface area contributed by atoms with Gasteiger partial charge in [-0.1, -0.05) is 36.4 Å². The van der Waals surface area contributed by atoms with Crippen LogP contribution >= 0.6 is 0 Å². The maximum absolute atomic E-state index is 12.7. The SMILES string of the molecule is COC(=O)c1ccccc1[C@H]1O[C@@H](N2CCCNC2=O)C[C@@H]1OC(=O)c1ccccc1. The van der Waals surface area contributed by atoms with Gasteiger partial charge in [-0.05, 0) is 30.2 Å². The van der Waals surface area contributed by atoms with Gasteiger partial charge >= 0.3 is 18.0 Å². The van der Waals surface area contributed by atoms with E-state index in [1.165, 1.54) is 7.11 Å². The lowest BCUT2D eigenvalue weighted by Gasteiger charge is -2.32. The molecule has 4 rings (SSSR count). The molecule has 8 heteroatoms. The van der Waals surface area contributed by atoms with Crippen molar-refractivity contribution in [3.8, 4) is 0 Å². The van der Waals surface area contributed by atoms with Crippen LogP contribution in [0.15, 0.2) is 54.6 Å². The van der Waals surface area contributed by atoms with Gasteiger partial charge in [-0.3, -0.25) is 4.90 Å². The highest BCUT2D eigenvalue weighted by Crippen LogP contribution is 2.39. The Hall–Kier alpha value is -3.39. The summed E-state index contributed by atoms with van der Waals surface area (Å²) in [5.74, 6) is -0.995. The summed E-state index contributed by atoms with van der Waals surface area (Å²) >= 11 is 0. The number of ether oxygens (including phenoxy) is 3. The van der Waals surface area contributed by atoms with Crippen molar-refractivity contribution in [1.29, 1.82) is 0 Å². The number of nitrogens with zero attached hydrogens (tertiary/aromatic N) is 1. The van der Waals surface area contributed by atoms with E-state index in [-0.39, 0.29) is 6.03 Å². The van der Waals surface area contributed by atoms with Crippen LogP contribution in [-0.4, -0.2) is 55.4 Å². The smallest absolute Gasteiger partial charge is 0.338 e. The molecule has 2 aliphatic heterocycles. The zero-order valence-corrected chi connectivity index (χ0v) is 17.2. The Morgan fingerprint density at radius 3 is 2.55 bits per heavy atom. The van der Waals surface area contributed by atoms with Gasteiger partial charge < -0.3 is 19.5 Å². The summed E-state index contributed by atoms with van der Waals surface area (Å²) in [6.07, 6.45) is -0.888. The number of nitrogens with one attached hydrogen (secondary N) is 1. The van der Waals surface area contributed by atoms with Gasteiger partial charge in [0.1, 0.15) is 18.4 Å². The minimum absolute atomic E-state index is 0.216. The Labute approximate surface area is 180 Å². The van der Waals surface area contributed by atoms with Crippen molar-refractivity contribution in [3.63, 3.8) is 0 Å². The molecule has 0 bridgehead atoms. The van der Waals surface area contributed by atoms with E-state index in [0.29, 0.717) is 36.2 Å². The van der Waals surface area contributed by atoms with Gasteiger partial charge in [-0.15, -0.1) is 0 Å². The second-order valence-corrected chi connectivity index (χ2v) is 7.41. The van der Waals surface area contributed by atoms with Crippen molar-refractivity contribution in [1.82, 2.24) is 10.2 Å². The number of urea groups is 1. The molecule has 2 saturated heterocycles. The minimum atomic E-state index is -0.720. The normalized spacial score (nSPS) is 23.2. The largest absolute Gasteiger partial charge is 0.465 e. The zero-order chi connectivity index (χ0) is 21.8. The van der Waals surface area contributed by atoms with Crippen LogP contribution in [0.5, 0.6) is 0 Å². The molecule has 1 N–H and O–H groups in total. The number of hydrogen-bond donors (Lipinski definition) is 1. The van der Waals surface area contributed by atoms with Gasteiger partial charge in [0.2, 0.25) is 0 Å². The third-order valence-corrected chi connectivity index (χ3v) is 5.48.